The molecule has 1 aliphatic rings. The summed E-state index contributed by atoms with van der Waals surface area (Å²) in [6.45, 7) is 8.05. The first kappa shape index (κ1) is 21.7. The van der Waals surface area contributed by atoms with Crippen LogP contribution in [0, 0.1) is 22.2 Å². The summed E-state index contributed by atoms with van der Waals surface area (Å²) in [7, 11) is 0. The van der Waals surface area contributed by atoms with Crippen LogP contribution < -0.4 is 5.32 Å². The van der Waals surface area contributed by atoms with Crippen molar-refractivity contribution in [3.63, 3.8) is 0 Å². The Morgan fingerprint density at radius 3 is 2.58 bits per heavy atom. The Bertz CT molecular complexity index is 621. The van der Waals surface area contributed by atoms with Crippen molar-refractivity contribution >= 4 is 18.1 Å². The molecule has 0 heterocycles. The van der Waals surface area contributed by atoms with Crippen LogP contribution in [0.3, 0.4) is 0 Å². The lowest BCUT2D eigenvalue weighted by molar-refractivity contribution is -0.141. The van der Waals surface area contributed by atoms with Gasteiger partial charge in [0.1, 0.15) is 6.04 Å². The molecule has 0 aromatic heterocycles. The number of amides is 2. The topological polar surface area (TPSA) is 123 Å². The molecule has 1 rings (SSSR count). The zero-order valence-electron chi connectivity index (χ0n) is 15.9. The number of carboxylic acid groups (broad SMARTS) is 1. The lowest BCUT2D eigenvalue weighted by Gasteiger charge is -2.45. The summed E-state index contributed by atoms with van der Waals surface area (Å²) in [6.07, 6.45) is 3.98. The molecule has 0 aliphatic heterocycles. The zero-order valence-corrected chi connectivity index (χ0v) is 15.9. The minimum absolute atomic E-state index is 0.0302. The van der Waals surface area contributed by atoms with Gasteiger partial charge >= 0.3 is 12.0 Å². The van der Waals surface area contributed by atoms with Gasteiger partial charge in [-0.2, -0.15) is 5.26 Å². The Balaban J connectivity index is 2.82. The number of aliphatic imine (C=N–C) groups is 1. The van der Waals surface area contributed by atoms with Crippen molar-refractivity contribution in [1.82, 2.24) is 10.2 Å². The van der Waals surface area contributed by atoms with E-state index in [1.54, 1.807) is 6.08 Å². The van der Waals surface area contributed by atoms with Crippen LogP contribution in [0.2, 0.25) is 0 Å². The molecule has 3 atom stereocenters. The summed E-state index contributed by atoms with van der Waals surface area (Å²) in [6, 6.07) is 0.267. The van der Waals surface area contributed by atoms with Crippen LogP contribution in [0.4, 0.5) is 4.79 Å². The number of carboxylic acids is 1. The quantitative estimate of drug-likeness (QED) is 0.530. The number of nitrogens with zero attached hydrogens (tertiary/aromatic N) is 3. The molecule has 0 saturated heterocycles. The lowest BCUT2D eigenvalue weighted by atomic mass is 9.63. The van der Waals surface area contributed by atoms with E-state index in [1.165, 1.54) is 6.92 Å². The highest BCUT2D eigenvalue weighted by atomic mass is 16.4. The average molecular weight is 364 g/mol. The first-order valence-electron chi connectivity index (χ1n) is 8.75. The smallest absolute Gasteiger partial charge is 0.326 e. The highest BCUT2D eigenvalue weighted by molar-refractivity contribution is 5.82. The first-order chi connectivity index (χ1) is 12.0. The van der Waals surface area contributed by atoms with E-state index < -0.39 is 18.0 Å². The number of aliphatic carboxylic acids is 1. The van der Waals surface area contributed by atoms with Crippen molar-refractivity contribution in [3.8, 4) is 6.07 Å². The van der Waals surface area contributed by atoms with Crippen LogP contribution >= 0.6 is 0 Å². The number of carbonyl (C=O) groups is 2. The summed E-state index contributed by atoms with van der Waals surface area (Å²) in [5.41, 5.74) is -0.298. The fourth-order valence-corrected chi connectivity index (χ4v) is 4.04. The van der Waals surface area contributed by atoms with E-state index in [1.807, 2.05) is 13.0 Å². The lowest BCUT2D eigenvalue weighted by Crippen LogP contribution is -2.52. The molecule has 2 amide bonds. The largest absolute Gasteiger partial charge is 0.480 e. The van der Waals surface area contributed by atoms with Crippen molar-refractivity contribution in [2.24, 2.45) is 15.8 Å². The van der Waals surface area contributed by atoms with Crippen LogP contribution in [0.5, 0.6) is 0 Å². The molecule has 0 radical (unpaired) electrons. The van der Waals surface area contributed by atoms with Gasteiger partial charge in [-0.25, -0.2) is 19.4 Å². The molecule has 1 saturated carbocycles. The van der Waals surface area contributed by atoms with Crippen molar-refractivity contribution in [1.29, 1.82) is 5.26 Å². The Morgan fingerprint density at radius 2 is 2.04 bits per heavy atom. The molecule has 0 spiro atoms. The Kier molecular flexibility index (Phi) is 7.34. The number of nitriles is 1. The van der Waals surface area contributed by atoms with E-state index in [-0.39, 0.29) is 29.8 Å². The zero-order chi connectivity index (χ0) is 20.0. The highest BCUT2D eigenvalue weighted by Gasteiger charge is 2.41. The molecule has 8 nitrogen and oxygen atoms in total. The molecule has 8 heteroatoms. The number of rotatable bonds is 7. The summed E-state index contributed by atoms with van der Waals surface area (Å²) >= 11 is 0. The fraction of sp³-hybridized carbons (Fsp3) is 0.778. The number of carbonyl (C=O) groups excluding carboxylic acids is 2. The highest BCUT2D eigenvalue weighted by Crippen LogP contribution is 2.46. The normalized spacial score (nSPS) is 25.3. The summed E-state index contributed by atoms with van der Waals surface area (Å²) < 4.78 is 0. The molecular weight excluding hydrogens is 336 g/mol. The maximum absolute atomic E-state index is 12.5. The third-order valence-corrected chi connectivity index (χ3v) is 4.87. The summed E-state index contributed by atoms with van der Waals surface area (Å²) in [4.78, 5) is 39.4. The molecule has 3 unspecified atom stereocenters. The van der Waals surface area contributed by atoms with E-state index in [4.69, 9.17) is 5.26 Å². The van der Waals surface area contributed by atoms with Crippen molar-refractivity contribution in [2.45, 2.75) is 65.5 Å². The van der Waals surface area contributed by atoms with Gasteiger partial charge in [0.15, 0.2) is 0 Å². The van der Waals surface area contributed by atoms with Crippen molar-refractivity contribution in [2.75, 3.05) is 13.1 Å². The van der Waals surface area contributed by atoms with Gasteiger partial charge in [0.2, 0.25) is 6.08 Å². The number of nitrogens with one attached hydrogen (secondary N) is 1. The number of isocyanates is 1. The maximum Gasteiger partial charge on any atom is 0.326 e. The molecule has 1 fully saturated rings. The van der Waals surface area contributed by atoms with E-state index in [2.05, 4.69) is 24.2 Å². The molecule has 2 N–H and O–H groups in total. The molecule has 26 heavy (non-hydrogen) atoms. The van der Waals surface area contributed by atoms with Crippen molar-refractivity contribution < 1.29 is 19.5 Å². The number of hydrogen-bond acceptors (Lipinski definition) is 5. The van der Waals surface area contributed by atoms with E-state index >= 15 is 0 Å². The van der Waals surface area contributed by atoms with E-state index in [0.29, 0.717) is 13.0 Å². The average Bonchev–Trinajstić information content (AvgIpc) is 2.51. The molecule has 0 bridgehead atoms. The van der Waals surface area contributed by atoms with E-state index in [9.17, 15) is 19.5 Å². The SMILES string of the molecule is CC(C(=O)O)N(CCC#N)C(=O)NCC1(C)CC(N=C=O)CC(C)(C)C1. The van der Waals surface area contributed by atoms with Gasteiger partial charge in [0.25, 0.3) is 0 Å². The molecule has 0 aromatic carbocycles. The van der Waals surface area contributed by atoms with Crippen LogP contribution in [-0.2, 0) is 9.59 Å². The fourth-order valence-electron chi connectivity index (χ4n) is 4.04. The van der Waals surface area contributed by atoms with Crippen LogP contribution in [0.15, 0.2) is 4.99 Å². The first-order valence-corrected chi connectivity index (χ1v) is 8.75. The third-order valence-electron chi connectivity index (χ3n) is 4.87. The van der Waals surface area contributed by atoms with Gasteiger partial charge in [-0.05, 0) is 37.0 Å². The predicted octanol–water partition coefficient (Wildman–Crippen LogP) is 2.31. The summed E-state index contributed by atoms with van der Waals surface area (Å²) in [5, 5.41) is 20.7. The van der Waals surface area contributed by atoms with Gasteiger partial charge in [-0.1, -0.05) is 20.8 Å². The Labute approximate surface area is 154 Å². The standard InChI is InChI=1S/C18H28N4O4/c1-13(15(24)25)22(7-5-6-19)16(26)20-11-18(4)9-14(21-12-23)8-17(2,3)10-18/h13-14H,5,7-11H2,1-4H3,(H,20,26)(H,24,25). The van der Waals surface area contributed by atoms with Crippen molar-refractivity contribution in [3.05, 3.63) is 0 Å². The Hall–Kier alpha value is -2.39. The van der Waals surface area contributed by atoms with Gasteiger partial charge in [-0.3, -0.25) is 0 Å². The van der Waals surface area contributed by atoms with E-state index in [0.717, 1.165) is 17.7 Å². The van der Waals surface area contributed by atoms with Crippen LogP contribution in [0.25, 0.3) is 0 Å². The molecule has 0 aromatic rings. The summed E-state index contributed by atoms with van der Waals surface area (Å²) in [5.74, 6) is -1.12. The number of urea groups is 1. The van der Waals surface area contributed by atoms with Gasteiger partial charge in [0.05, 0.1) is 18.5 Å². The molecule has 144 valence electrons. The second-order valence-electron chi connectivity index (χ2n) is 8.21. The second kappa shape index (κ2) is 8.81. The monoisotopic (exact) mass is 364 g/mol. The van der Waals surface area contributed by atoms with Crippen LogP contribution in [-0.4, -0.2) is 53.3 Å². The Morgan fingerprint density at radius 1 is 1.38 bits per heavy atom. The molecular formula is C18H28N4O4. The minimum atomic E-state index is -1.12. The molecule has 1 aliphatic carbocycles. The second-order valence-corrected chi connectivity index (χ2v) is 8.21. The minimum Gasteiger partial charge on any atom is -0.480 e. The maximum atomic E-state index is 12.5. The number of hydrogen-bond donors (Lipinski definition) is 2. The third kappa shape index (κ3) is 6.16. The van der Waals surface area contributed by atoms with Gasteiger partial charge in [0, 0.05) is 13.1 Å². The predicted molar refractivity (Wildman–Crippen MR) is 95.1 cm³/mol. The van der Waals surface area contributed by atoms with Gasteiger partial charge in [-0.15, -0.1) is 0 Å². The van der Waals surface area contributed by atoms with Gasteiger partial charge < -0.3 is 15.3 Å². The van der Waals surface area contributed by atoms with Crippen LogP contribution in [0.1, 0.15) is 53.4 Å².